The Balaban J connectivity index is 2.49. The van der Waals surface area contributed by atoms with E-state index in [1.165, 1.54) is 18.2 Å². The molecule has 1 atom stereocenters. The van der Waals surface area contributed by atoms with Crippen LogP contribution in [-0.2, 0) is 9.59 Å². The van der Waals surface area contributed by atoms with E-state index in [0.29, 0.717) is 11.3 Å². The maximum Gasteiger partial charge on any atom is 0.325 e. The number of nitrogens with one attached hydrogen (secondary N) is 2. The highest BCUT2D eigenvalue weighted by molar-refractivity contribution is 6.01. The molecule has 1 aromatic carbocycles. The van der Waals surface area contributed by atoms with Gasteiger partial charge in [-0.15, -0.1) is 0 Å². The van der Waals surface area contributed by atoms with Crippen molar-refractivity contribution in [3.05, 3.63) is 29.6 Å². The quantitative estimate of drug-likeness (QED) is 0.776. The molecule has 3 amide bonds. The third kappa shape index (κ3) is 6.03. The SMILES string of the molecule is Cc1cc(F)ccc1NC(=O)NC(=O)CC(C)CC(=O)O. The molecule has 0 aromatic heterocycles. The summed E-state index contributed by atoms with van der Waals surface area (Å²) in [5, 5.41) is 13.1. The predicted molar refractivity (Wildman–Crippen MR) is 74.3 cm³/mol. The highest BCUT2D eigenvalue weighted by Crippen LogP contribution is 2.15. The molecule has 0 spiro atoms. The molecule has 0 fully saturated rings. The summed E-state index contributed by atoms with van der Waals surface area (Å²) in [4.78, 5) is 33.6. The van der Waals surface area contributed by atoms with Gasteiger partial charge in [-0.3, -0.25) is 14.9 Å². The van der Waals surface area contributed by atoms with Crippen molar-refractivity contribution in [2.45, 2.75) is 26.7 Å². The second-order valence-corrected chi connectivity index (χ2v) is 4.87. The van der Waals surface area contributed by atoms with Crippen molar-refractivity contribution in [2.75, 3.05) is 5.32 Å². The largest absolute Gasteiger partial charge is 0.481 e. The van der Waals surface area contributed by atoms with Crippen molar-refractivity contribution in [3.63, 3.8) is 0 Å². The third-order valence-corrected chi connectivity index (χ3v) is 2.75. The Kier molecular flexibility index (Phi) is 5.83. The Morgan fingerprint density at radius 3 is 2.52 bits per heavy atom. The fourth-order valence-corrected chi connectivity index (χ4v) is 1.79. The van der Waals surface area contributed by atoms with Crippen LogP contribution >= 0.6 is 0 Å². The number of urea groups is 1. The zero-order valence-corrected chi connectivity index (χ0v) is 11.8. The molecule has 1 aromatic rings. The molecule has 6 nitrogen and oxygen atoms in total. The van der Waals surface area contributed by atoms with Crippen LogP contribution in [0.2, 0.25) is 0 Å². The van der Waals surface area contributed by atoms with E-state index >= 15 is 0 Å². The van der Waals surface area contributed by atoms with Crippen LogP contribution in [0, 0.1) is 18.7 Å². The van der Waals surface area contributed by atoms with Crippen molar-refractivity contribution >= 4 is 23.6 Å². The Morgan fingerprint density at radius 1 is 1.29 bits per heavy atom. The maximum atomic E-state index is 12.9. The number of carbonyl (C=O) groups is 3. The minimum absolute atomic E-state index is 0.0673. The molecular formula is C14H17FN2O4. The molecule has 0 saturated carbocycles. The first-order valence-corrected chi connectivity index (χ1v) is 6.36. The van der Waals surface area contributed by atoms with Crippen LogP contribution in [0.15, 0.2) is 18.2 Å². The summed E-state index contributed by atoms with van der Waals surface area (Å²) in [5.74, 6) is -2.36. The van der Waals surface area contributed by atoms with Crippen LogP contribution in [0.5, 0.6) is 0 Å². The lowest BCUT2D eigenvalue weighted by molar-refractivity contribution is -0.138. The zero-order chi connectivity index (χ0) is 16.0. The van der Waals surface area contributed by atoms with Crippen molar-refractivity contribution in [3.8, 4) is 0 Å². The minimum Gasteiger partial charge on any atom is -0.481 e. The third-order valence-electron chi connectivity index (χ3n) is 2.75. The molecule has 114 valence electrons. The van der Waals surface area contributed by atoms with Crippen molar-refractivity contribution < 1.29 is 23.9 Å². The average molecular weight is 296 g/mol. The number of aryl methyl sites for hydroxylation is 1. The van der Waals surface area contributed by atoms with Gasteiger partial charge in [0.15, 0.2) is 0 Å². The molecule has 0 bridgehead atoms. The first kappa shape index (κ1) is 16.6. The number of carboxylic acid groups (broad SMARTS) is 1. The summed E-state index contributed by atoms with van der Waals surface area (Å²) < 4.78 is 12.9. The summed E-state index contributed by atoms with van der Waals surface area (Å²) in [6.07, 6.45) is -0.214. The van der Waals surface area contributed by atoms with Gasteiger partial charge in [0.1, 0.15) is 5.82 Å². The standard InChI is InChI=1S/C14H17FN2O4/c1-8(6-13(19)20)5-12(18)17-14(21)16-11-4-3-10(15)7-9(11)2/h3-4,7-8H,5-6H2,1-2H3,(H,19,20)(H2,16,17,18,21). The van der Waals surface area contributed by atoms with E-state index in [0.717, 1.165) is 0 Å². The number of halogens is 1. The number of carboxylic acids is 1. The lowest BCUT2D eigenvalue weighted by atomic mass is 10.0. The number of anilines is 1. The molecule has 1 rings (SSSR count). The van der Waals surface area contributed by atoms with Crippen LogP contribution in [0.25, 0.3) is 0 Å². The Labute approximate surface area is 121 Å². The summed E-state index contributed by atoms with van der Waals surface area (Å²) in [5.41, 5.74) is 0.914. The number of aliphatic carboxylic acids is 1. The first-order chi connectivity index (χ1) is 9.77. The molecular weight excluding hydrogens is 279 g/mol. The summed E-state index contributed by atoms with van der Waals surface area (Å²) >= 11 is 0. The number of rotatable bonds is 5. The zero-order valence-electron chi connectivity index (χ0n) is 11.8. The fourth-order valence-electron chi connectivity index (χ4n) is 1.79. The van der Waals surface area contributed by atoms with Gasteiger partial charge in [-0.05, 0) is 36.6 Å². The van der Waals surface area contributed by atoms with Gasteiger partial charge in [-0.1, -0.05) is 6.92 Å². The van der Waals surface area contributed by atoms with Gasteiger partial charge in [0.25, 0.3) is 0 Å². The molecule has 1 unspecified atom stereocenters. The Bertz CT molecular complexity index is 560. The molecule has 0 heterocycles. The summed E-state index contributed by atoms with van der Waals surface area (Å²) in [6.45, 7) is 3.23. The predicted octanol–water partition coefficient (Wildman–Crippen LogP) is 2.28. The van der Waals surface area contributed by atoms with Gasteiger partial charge >= 0.3 is 12.0 Å². The summed E-state index contributed by atoms with van der Waals surface area (Å²) in [7, 11) is 0. The molecule has 0 aliphatic rings. The molecule has 3 N–H and O–H groups in total. The monoisotopic (exact) mass is 296 g/mol. The number of amides is 3. The Morgan fingerprint density at radius 2 is 1.95 bits per heavy atom. The number of hydrogen-bond acceptors (Lipinski definition) is 3. The lowest BCUT2D eigenvalue weighted by Gasteiger charge is -2.11. The van der Waals surface area contributed by atoms with E-state index in [-0.39, 0.29) is 18.8 Å². The van der Waals surface area contributed by atoms with Crippen LogP contribution in [-0.4, -0.2) is 23.0 Å². The molecule has 0 aliphatic carbocycles. The van der Waals surface area contributed by atoms with E-state index < -0.39 is 23.7 Å². The minimum atomic E-state index is -0.998. The van der Waals surface area contributed by atoms with Crippen LogP contribution < -0.4 is 10.6 Å². The van der Waals surface area contributed by atoms with E-state index in [2.05, 4.69) is 10.6 Å². The van der Waals surface area contributed by atoms with E-state index in [9.17, 15) is 18.8 Å². The van der Waals surface area contributed by atoms with Gasteiger partial charge in [-0.2, -0.15) is 0 Å². The van der Waals surface area contributed by atoms with Gasteiger partial charge < -0.3 is 10.4 Å². The number of hydrogen-bond donors (Lipinski definition) is 3. The molecule has 21 heavy (non-hydrogen) atoms. The van der Waals surface area contributed by atoms with E-state index in [4.69, 9.17) is 5.11 Å². The highest BCUT2D eigenvalue weighted by Gasteiger charge is 2.15. The van der Waals surface area contributed by atoms with E-state index in [1.807, 2.05) is 0 Å². The van der Waals surface area contributed by atoms with Crippen molar-refractivity contribution in [1.82, 2.24) is 5.32 Å². The molecule has 0 saturated heterocycles. The number of benzene rings is 1. The Hall–Kier alpha value is -2.44. The van der Waals surface area contributed by atoms with Crippen LogP contribution in [0.4, 0.5) is 14.9 Å². The second kappa shape index (κ2) is 7.37. The maximum absolute atomic E-state index is 12.9. The first-order valence-electron chi connectivity index (χ1n) is 6.36. The number of imide groups is 1. The molecule has 0 aliphatic heterocycles. The van der Waals surface area contributed by atoms with E-state index in [1.54, 1.807) is 13.8 Å². The van der Waals surface area contributed by atoms with Gasteiger partial charge in [0.05, 0.1) is 0 Å². The molecule has 0 radical (unpaired) electrons. The highest BCUT2D eigenvalue weighted by atomic mass is 19.1. The normalized spacial score (nSPS) is 11.6. The van der Waals surface area contributed by atoms with Crippen LogP contribution in [0.3, 0.4) is 0 Å². The van der Waals surface area contributed by atoms with Crippen molar-refractivity contribution in [1.29, 1.82) is 0 Å². The van der Waals surface area contributed by atoms with Gasteiger partial charge in [0, 0.05) is 18.5 Å². The van der Waals surface area contributed by atoms with Crippen LogP contribution in [0.1, 0.15) is 25.3 Å². The smallest absolute Gasteiger partial charge is 0.325 e. The lowest BCUT2D eigenvalue weighted by Crippen LogP contribution is -2.35. The van der Waals surface area contributed by atoms with Gasteiger partial charge in [0.2, 0.25) is 5.91 Å². The average Bonchev–Trinajstić information content (AvgIpc) is 2.31. The fraction of sp³-hybridized carbons (Fsp3) is 0.357. The number of carbonyl (C=O) groups excluding carboxylic acids is 2. The molecule has 7 heteroatoms. The summed E-state index contributed by atoms with van der Waals surface area (Å²) in [6, 6.07) is 3.10. The van der Waals surface area contributed by atoms with Crippen molar-refractivity contribution in [2.24, 2.45) is 5.92 Å². The van der Waals surface area contributed by atoms with Gasteiger partial charge in [-0.25, -0.2) is 9.18 Å². The second-order valence-electron chi connectivity index (χ2n) is 4.87. The topological polar surface area (TPSA) is 95.5 Å².